The molecule has 2 aliphatic rings. The zero-order valence-corrected chi connectivity index (χ0v) is 22.6. The van der Waals surface area contributed by atoms with Gasteiger partial charge in [0.2, 0.25) is 0 Å². The van der Waals surface area contributed by atoms with Crippen LogP contribution < -0.4 is 10.2 Å². The molecule has 196 valence electrons. The number of carbonyl (C=O) groups is 2. The highest BCUT2D eigenvalue weighted by molar-refractivity contribution is 7.17. The number of aromatic nitrogens is 2. The first kappa shape index (κ1) is 26.0. The number of rotatable bonds is 7. The molecule has 2 saturated heterocycles. The van der Waals surface area contributed by atoms with Gasteiger partial charge in [-0.2, -0.15) is 0 Å². The third-order valence-electron chi connectivity index (χ3n) is 6.98. The van der Waals surface area contributed by atoms with Gasteiger partial charge >= 0.3 is 5.97 Å². The van der Waals surface area contributed by atoms with Crippen LogP contribution in [0.4, 0.5) is 15.3 Å². The Bertz CT molecular complexity index is 1310. The summed E-state index contributed by atoms with van der Waals surface area (Å²) in [5.74, 6) is -2.22. The van der Waals surface area contributed by atoms with Crippen LogP contribution in [0.3, 0.4) is 0 Å². The molecule has 0 radical (unpaired) electrons. The largest absolute Gasteiger partial charge is 0.481 e. The monoisotopic (exact) mass is 563 g/mol. The molecule has 5 heterocycles. The van der Waals surface area contributed by atoms with Crippen LogP contribution in [0.1, 0.15) is 47.8 Å². The number of hydrogen-bond donors (Lipinski definition) is 2. The van der Waals surface area contributed by atoms with Crippen LogP contribution in [-0.2, 0) is 11.3 Å². The van der Waals surface area contributed by atoms with Crippen molar-refractivity contribution in [3.8, 4) is 10.6 Å². The van der Waals surface area contributed by atoms with E-state index < -0.39 is 23.6 Å². The predicted octanol–water partition coefficient (Wildman–Crippen LogP) is 5.60. The number of halogens is 2. The van der Waals surface area contributed by atoms with Crippen molar-refractivity contribution in [2.24, 2.45) is 5.92 Å². The molecule has 1 atom stereocenters. The van der Waals surface area contributed by atoms with Crippen molar-refractivity contribution in [2.45, 2.75) is 45.2 Å². The first-order valence-corrected chi connectivity index (χ1v) is 14.3. The van der Waals surface area contributed by atoms with E-state index in [2.05, 4.69) is 22.1 Å². The van der Waals surface area contributed by atoms with Crippen LogP contribution in [0.2, 0.25) is 5.02 Å². The fourth-order valence-electron chi connectivity index (χ4n) is 4.85. The van der Waals surface area contributed by atoms with E-state index in [9.17, 15) is 19.1 Å². The average Bonchev–Trinajstić information content (AvgIpc) is 3.59. The number of hydrogen-bond acceptors (Lipinski definition) is 8. The number of carboxylic acid groups (broad SMARTS) is 1. The third-order valence-corrected chi connectivity index (χ3v) is 9.22. The molecular weight excluding hydrogens is 537 g/mol. The highest BCUT2D eigenvalue weighted by Gasteiger charge is 2.28. The molecule has 0 bridgehead atoms. The molecule has 37 heavy (non-hydrogen) atoms. The maximum atomic E-state index is 14.9. The van der Waals surface area contributed by atoms with Crippen molar-refractivity contribution in [1.82, 2.24) is 14.9 Å². The SMILES string of the molecule is C[C@@H]1CCCN1Cc1sc(NC(=O)c2cnc(N3CCC(C(=O)O)CC3)c(F)c2)nc1-c1cc(Cl)cs1. The van der Waals surface area contributed by atoms with E-state index in [0.717, 1.165) is 41.4 Å². The maximum Gasteiger partial charge on any atom is 0.306 e. The van der Waals surface area contributed by atoms with Crippen LogP contribution >= 0.6 is 34.3 Å². The second kappa shape index (κ2) is 11.0. The number of thiophene rings is 1. The lowest BCUT2D eigenvalue weighted by atomic mass is 9.97. The predicted molar refractivity (Wildman–Crippen MR) is 144 cm³/mol. The summed E-state index contributed by atoms with van der Waals surface area (Å²) in [7, 11) is 0. The second-order valence-corrected chi connectivity index (χ2v) is 11.9. The normalized spacial score (nSPS) is 18.9. The number of amides is 1. The summed E-state index contributed by atoms with van der Waals surface area (Å²) in [5, 5.41) is 14.9. The zero-order chi connectivity index (χ0) is 26.1. The van der Waals surface area contributed by atoms with Crippen molar-refractivity contribution in [3.05, 3.63) is 45.0 Å². The first-order valence-electron chi connectivity index (χ1n) is 12.2. The van der Waals surface area contributed by atoms with Crippen molar-refractivity contribution in [2.75, 3.05) is 29.9 Å². The molecular formula is C25H27ClFN5O3S2. The molecule has 8 nitrogen and oxygen atoms in total. The Kier molecular flexibility index (Phi) is 7.75. The van der Waals surface area contributed by atoms with Gasteiger partial charge in [-0.25, -0.2) is 14.4 Å². The fourth-order valence-corrected chi connectivity index (χ4v) is 7.00. The smallest absolute Gasteiger partial charge is 0.306 e. The number of nitrogens with one attached hydrogen (secondary N) is 1. The standard InChI is InChI=1S/C25H27ClFN5O3S2/c1-14-3-2-6-32(14)12-20-21(19-10-17(26)13-36-19)29-25(37-20)30-23(33)16-9-18(27)22(28-11-16)31-7-4-15(5-8-31)24(34)35/h9-11,13-15H,2-8,12H2,1H3,(H,34,35)(H,29,30,33)/t14-/m1/s1. The summed E-state index contributed by atoms with van der Waals surface area (Å²) in [5.41, 5.74) is 0.896. The quantitative estimate of drug-likeness (QED) is 0.386. The maximum absolute atomic E-state index is 14.9. The van der Waals surface area contributed by atoms with Crippen LogP contribution in [0, 0.1) is 11.7 Å². The van der Waals surface area contributed by atoms with Gasteiger partial charge in [0, 0.05) is 42.1 Å². The van der Waals surface area contributed by atoms with Gasteiger partial charge in [0.15, 0.2) is 16.8 Å². The topological polar surface area (TPSA) is 98.7 Å². The van der Waals surface area contributed by atoms with Crippen molar-refractivity contribution in [3.63, 3.8) is 0 Å². The fraction of sp³-hybridized carbons (Fsp3) is 0.440. The van der Waals surface area contributed by atoms with E-state index in [-0.39, 0.29) is 11.4 Å². The molecule has 2 fully saturated rings. The van der Waals surface area contributed by atoms with Gasteiger partial charge in [0.25, 0.3) is 5.91 Å². The number of piperidine rings is 1. The van der Waals surface area contributed by atoms with E-state index in [1.54, 1.807) is 4.90 Å². The van der Waals surface area contributed by atoms with Gasteiger partial charge in [-0.3, -0.25) is 19.8 Å². The second-order valence-electron chi connectivity index (χ2n) is 9.46. The number of aliphatic carboxylic acids is 1. The number of anilines is 2. The summed E-state index contributed by atoms with van der Waals surface area (Å²) >= 11 is 9.09. The van der Waals surface area contributed by atoms with Gasteiger partial charge in [-0.05, 0) is 51.3 Å². The molecule has 0 unspecified atom stereocenters. The van der Waals surface area contributed by atoms with Crippen LogP contribution in [0.15, 0.2) is 23.7 Å². The molecule has 3 aromatic heterocycles. The lowest BCUT2D eigenvalue weighted by molar-refractivity contribution is -0.142. The van der Waals surface area contributed by atoms with E-state index in [0.29, 0.717) is 42.1 Å². The molecule has 0 spiro atoms. The number of likely N-dealkylation sites (tertiary alicyclic amines) is 1. The number of carbonyl (C=O) groups excluding carboxylic acids is 1. The highest BCUT2D eigenvalue weighted by atomic mass is 35.5. The minimum absolute atomic E-state index is 0.0901. The Hall–Kier alpha value is -2.60. The van der Waals surface area contributed by atoms with E-state index in [1.165, 1.54) is 34.9 Å². The molecule has 5 rings (SSSR count). The number of thiazole rings is 1. The van der Waals surface area contributed by atoms with Gasteiger partial charge < -0.3 is 10.0 Å². The highest BCUT2D eigenvalue weighted by Crippen LogP contribution is 2.38. The number of carboxylic acids is 1. The summed E-state index contributed by atoms with van der Waals surface area (Å²) in [6.45, 7) is 4.79. The Morgan fingerprint density at radius 1 is 1.24 bits per heavy atom. The van der Waals surface area contributed by atoms with Crippen LogP contribution in [0.25, 0.3) is 10.6 Å². The average molecular weight is 564 g/mol. The Morgan fingerprint density at radius 3 is 2.65 bits per heavy atom. The molecule has 2 N–H and O–H groups in total. The molecule has 1 amide bonds. The first-order chi connectivity index (χ1) is 17.8. The lowest BCUT2D eigenvalue weighted by Crippen LogP contribution is -2.37. The summed E-state index contributed by atoms with van der Waals surface area (Å²) in [4.78, 5) is 39.2. The van der Waals surface area contributed by atoms with Gasteiger partial charge in [-0.1, -0.05) is 22.9 Å². The summed E-state index contributed by atoms with van der Waals surface area (Å²) < 4.78 is 14.9. The molecule has 0 aliphatic carbocycles. The lowest BCUT2D eigenvalue weighted by Gasteiger charge is -2.31. The molecule has 0 saturated carbocycles. The molecule has 3 aromatic rings. The minimum atomic E-state index is -0.828. The van der Waals surface area contributed by atoms with Crippen molar-refractivity contribution in [1.29, 1.82) is 0 Å². The Morgan fingerprint density at radius 2 is 2.03 bits per heavy atom. The molecule has 12 heteroatoms. The van der Waals surface area contributed by atoms with Gasteiger partial charge in [0.05, 0.1) is 27.1 Å². The summed E-state index contributed by atoms with van der Waals surface area (Å²) in [6.07, 6.45) is 4.53. The zero-order valence-electron chi connectivity index (χ0n) is 20.2. The summed E-state index contributed by atoms with van der Waals surface area (Å²) in [6, 6.07) is 3.53. The Labute approximate surface area is 227 Å². The van der Waals surface area contributed by atoms with E-state index >= 15 is 0 Å². The minimum Gasteiger partial charge on any atom is -0.481 e. The van der Waals surface area contributed by atoms with Crippen LogP contribution in [-0.4, -0.2) is 57.5 Å². The van der Waals surface area contributed by atoms with Crippen molar-refractivity contribution < 1.29 is 19.1 Å². The molecule has 2 aliphatic heterocycles. The van der Waals surface area contributed by atoms with E-state index in [4.69, 9.17) is 16.6 Å². The number of nitrogens with zero attached hydrogens (tertiary/aromatic N) is 4. The Balaban J connectivity index is 1.32. The van der Waals surface area contributed by atoms with Crippen LogP contribution in [0.5, 0.6) is 0 Å². The van der Waals surface area contributed by atoms with Crippen molar-refractivity contribution >= 4 is 57.1 Å². The van der Waals surface area contributed by atoms with E-state index in [1.807, 2.05) is 11.4 Å². The number of pyridine rings is 1. The molecule has 0 aromatic carbocycles. The van der Waals surface area contributed by atoms with Gasteiger partial charge in [-0.15, -0.1) is 11.3 Å². The third kappa shape index (κ3) is 5.79. The van der Waals surface area contributed by atoms with Gasteiger partial charge in [0.1, 0.15) is 0 Å².